The molecule has 0 radical (unpaired) electrons. The molecule has 0 spiro atoms. The van der Waals surface area contributed by atoms with Crippen LogP contribution < -0.4 is 10.5 Å². The molecule has 1 aliphatic rings. The highest BCUT2D eigenvalue weighted by Crippen LogP contribution is 2.31. The van der Waals surface area contributed by atoms with Crippen LogP contribution in [0.2, 0.25) is 0 Å². The molecule has 0 saturated heterocycles. The van der Waals surface area contributed by atoms with Crippen LogP contribution in [0.3, 0.4) is 0 Å². The van der Waals surface area contributed by atoms with Gasteiger partial charge in [-0.15, -0.1) is 0 Å². The van der Waals surface area contributed by atoms with Crippen LogP contribution in [0.15, 0.2) is 18.2 Å². The lowest BCUT2D eigenvalue weighted by Crippen LogP contribution is -2.33. The van der Waals surface area contributed by atoms with E-state index in [0.29, 0.717) is 22.9 Å². The minimum absolute atomic E-state index is 0.0289. The molecule has 18 heavy (non-hydrogen) atoms. The molecule has 1 fully saturated rings. The summed E-state index contributed by atoms with van der Waals surface area (Å²) in [5, 5.41) is 0. The Morgan fingerprint density at radius 1 is 1.50 bits per heavy atom. The molecule has 4 heteroatoms. The second-order valence-electron chi connectivity index (χ2n) is 4.75. The van der Waals surface area contributed by atoms with Crippen LogP contribution in [0, 0.1) is 5.92 Å². The van der Waals surface area contributed by atoms with Gasteiger partial charge in [0.25, 0.3) is 5.91 Å². The molecule has 1 amide bonds. The van der Waals surface area contributed by atoms with Gasteiger partial charge in [0.15, 0.2) is 0 Å². The largest absolute Gasteiger partial charge is 0.496 e. The number of ether oxygens (including phenoxy) is 1. The molecule has 4 nitrogen and oxygen atoms in total. The Bertz CT molecular complexity index is 441. The number of anilines is 1. The number of nitrogens with two attached hydrogens (primary N) is 1. The van der Waals surface area contributed by atoms with Crippen LogP contribution in [0.5, 0.6) is 5.75 Å². The number of carbonyl (C=O) groups excluding carboxylic acids is 1. The number of rotatable bonds is 5. The van der Waals surface area contributed by atoms with Crippen molar-refractivity contribution in [2.45, 2.75) is 19.8 Å². The Kier molecular flexibility index (Phi) is 3.75. The third kappa shape index (κ3) is 2.75. The second-order valence-corrected chi connectivity index (χ2v) is 4.75. The Morgan fingerprint density at radius 3 is 2.78 bits per heavy atom. The van der Waals surface area contributed by atoms with Crippen LogP contribution in [-0.2, 0) is 0 Å². The van der Waals surface area contributed by atoms with Gasteiger partial charge in [0.1, 0.15) is 5.75 Å². The molecule has 1 saturated carbocycles. The molecule has 2 N–H and O–H groups in total. The standard InChI is InChI=1S/C14H20N2O2/c1-3-16(9-10-4-5-10)14(17)12-7-6-11(15)8-13(12)18-2/h6-8,10H,3-5,9,15H2,1-2H3. The van der Waals surface area contributed by atoms with Crippen LogP contribution in [-0.4, -0.2) is 31.0 Å². The number of carbonyl (C=O) groups is 1. The number of hydrogen-bond donors (Lipinski definition) is 1. The van der Waals surface area contributed by atoms with E-state index in [9.17, 15) is 4.79 Å². The van der Waals surface area contributed by atoms with E-state index in [-0.39, 0.29) is 5.91 Å². The minimum atomic E-state index is 0.0289. The first-order valence-corrected chi connectivity index (χ1v) is 6.38. The van der Waals surface area contributed by atoms with Gasteiger partial charge in [-0.1, -0.05) is 0 Å². The highest BCUT2D eigenvalue weighted by Gasteiger charge is 2.27. The van der Waals surface area contributed by atoms with Gasteiger partial charge in [0, 0.05) is 24.8 Å². The van der Waals surface area contributed by atoms with Crippen molar-refractivity contribution in [2.24, 2.45) is 5.92 Å². The molecule has 0 aliphatic heterocycles. The summed E-state index contributed by atoms with van der Waals surface area (Å²) in [5.41, 5.74) is 6.89. The summed E-state index contributed by atoms with van der Waals surface area (Å²) in [6.45, 7) is 3.58. The summed E-state index contributed by atoms with van der Waals surface area (Å²) in [5.74, 6) is 1.27. The van der Waals surface area contributed by atoms with Gasteiger partial charge < -0.3 is 15.4 Å². The summed E-state index contributed by atoms with van der Waals surface area (Å²) in [4.78, 5) is 14.3. The predicted octanol–water partition coefficient (Wildman–Crippen LogP) is 2.15. The van der Waals surface area contributed by atoms with Gasteiger partial charge in [-0.05, 0) is 37.8 Å². The highest BCUT2D eigenvalue weighted by molar-refractivity contribution is 5.97. The molecule has 0 unspecified atom stereocenters. The zero-order valence-corrected chi connectivity index (χ0v) is 11.0. The average molecular weight is 248 g/mol. The van der Waals surface area contributed by atoms with Crippen LogP contribution in [0.1, 0.15) is 30.1 Å². The van der Waals surface area contributed by atoms with Gasteiger partial charge in [-0.3, -0.25) is 4.79 Å². The zero-order chi connectivity index (χ0) is 13.1. The fraction of sp³-hybridized carbons (Fsp3) is 0.500. The van der Waals surface area contributed by atoms with E-state index in [4.69, 9.17) is 10.5 Å². The monoisotopic (exact) mass is 248 g/mol. The predicted molar refractivity (Wildman–Crippen MR) is 71.7 cm³/mol. The number of hydrogen-bond acceptors (Lipinski definition) is 3. The zero-order valence-electron chi connectivity index (χ0n) is 11.0. The Labute approximate surface area is 108 Å². The number of nitrogens with zero attached hydrogens (tertiary/aromatic N) is 1. The highest BCUT2D eigenvalue weighted by atomic mass is 16.5. The lowest BCUT2D eigenvalue weighted by Gasteiger charge is -2.22. The Balaban J connectivity index is 2.19. The lowest BCUT2D eigenvalue weighted by atomic mass is 10.1. The van der Waals surface area contributed by atoms with E-state index >= 15 is 0 Å². The molecule has 98 valence electrons. The van der Waals surface area contributed by atoms with Crippen molar-refractivity contribution in [1.82, 2.24) is 4.90 Å². The summed E-state index contributed by atoms with van der Waals surface area (Å²) in [6, 6.07) is 5.17. The van der Waals surface area contributed by atoms with Crippen LogP contribution in [0.4, 0.5) is 5.69 Å². The maximum Gasteiger partial charge on any atom is 0.257 e. The van der Waals surface area contributed by atoms with E-state index in [1.54, 1.807) is 25.3 Å². The van der Waals surface area contributed by atoms with Gasteiger partial charge in [0.05, 0.1) is 12.7 Å². The number of amides is 1. The molecule has 0 bridgehead atoms. The summed E-state index contributed by atoms with van der Waals surface area (Å²) >= 11 is 0. The summed E-state index contributed by atoms with van der Waals surface area (Å²) in [7, 11) is 1.56. The summed E-state index contributed by atoms with van der Waals surface area (Å²) < 4.78 is 5.24. The van der Waals surface area contributed by atoms with E-state index < -0.39 is 0 Å². The molecule has 1 aliphatic carbocycles. The van der Waals surface area contributed by atoms with Crippen molar-refractivity contribution in [1.29, 1.82) is 0 Å². The molecule has 1 aromatic rings. The first kappa shape index (κ1) is 12.7. The quantitative estimate of drug-likeness (QED) is 0.812. The first-order chi connectivity index (χ1) is 8.65. The van der Waals surface area contributed by atoms with Crippen LogP contribution >= 0.6 is 0 Å². The van der Waals surface area contributed by atoms with E-state index in [0.717, 1.165) is 13.1 Å². The maximum absolute atomic E-state index is 12.4. The Hall–Kier alpha value is -1.71. The van der Waals surface area contributed by atoms with E-state index in [1.807, 2.05) is 11.8 Å². The fourth-order valence-corrected chi connectivity index (χ4v) is 2.02. The normalized spacial score (nSPS) is 14.3. The molecular weight excluding hydrogens is 228 g/mol. The van der Waals surface area contributed by atoms with Gasteiger partial charge in [-0.25, -0.2) is 0 Å². The smallest absolute Gasteiger partial charge is 0.257 e. The molecule has 1 aromatic carbocycles. The first-order valence-electron chi connectivity index (χ1n) is 6.38. The van der Waals surface area contributed by atoms with Gasteiger partial charge in [-0.2, -0.15) is 0 Å². The topological polar surface area (TPSA) is 55.6 Å². The van der Waals surface area contributed by atoms with Crippen molar-refractivity contribution in [3.8, 4) is 5.75 Å². The SMILES string of the molecule is CCN(CC1CC1)C(=O)c1ccc(N)cc1OC. The molecule has 0 aromatic heterocycles. The van der Waals surface area contributed by atoms with Crippen molar-refractivity contribution >= 4 is 11.6 Å². The number of methoxy groups -OCH3 is 1. The molecule has 0 atom stereocenters. The van der Waals surface area contributed by atoms with E-state index in [1.165, 1.54) is 12.8 Å². The number of nitrogen functional groups attached to an aromatic ring is 1. The summed E-state index contributed by atoms with van der Waals surface area (Å²) in [6.07, 6.45) is 2.48. The Morgan fingerprint density at radius 2 is 2.22 bits per heavy atom. The molecule has 2 rings (SSSR count). The lowest BCUT2D eigenvalue weighted by molar-refractivity contribution is 0.0753. The van der Waals surface area contributed by atoms with Crippen molar-refractivity contribution in [2.75, 3.05) is 25.9 Å². The second kappa shape index (κ2) is 5.29. The average Bonchev–Trinajstić information content (AvgIpc) is 3.19. The van der Waals surface area contributed by atoms with Gasteiger partial charge in [0.2, 0.25) is 0 Å². The molecular formula is C14H20N2O2. The third-order valence-electron chi connectivity index (χ3n) is 3.30. The van der Waals surface area contributed by atoms with Crippen molar-refractivity contribution < 1.29 is 9.53 Å². The van der Waals surface area contributed by atoms with Crippen LogP contribution in [0.25, 0.3) is 0 Å². The van der Waals surface area contributed by atoms with Crippen molar-refractivity contribution in [3.63, 3.8) is 0 Å². The van der Waals surface area contributed by atoms with Crippen molar-refractivity contribution in [3.05, 3.63) is 23.8 Å². The van der Waals surface area contributed by atoms with E-state index in [2.05, 4.69) is 0 Å². The maximum atomic E-state index is 12.4. The third-order valence-corrected chi connectivity index (χ3v) is 3.30. The fourth-order valence-electron chi connectivity index (χ4n) is 2.02. The minimum Gasteiger partial charge on any atom is -0.496 e. The molecule has 0 heterocycles. The number of benzene rings is 1. The van der Waals surface area contributed by atoms with Gasteiger partial charge >= 0.3 is 0 Å².